The average molecular weight is 467 g/mol. The molecule has 1 aromatic heterocycles. The first-order valence-corrected chi connectivity index (χ1v) is 13.9. The number of hydrogen-bond donors (Lipinski definition) is 1. The van der Waals surface area contributed by atoms with Gasteiger partial charge in [0.2, 0.25) is 0 Å². The zero-order valence-corrected chi connectivity index (χ0v) is 21.6. The highest BCUT2D eigenvalue weighted by molar-refractivity contribution is 6.74. The molecule has 0 unspecified atom stereocenters. The van der Waals surface area contributed by atoms with Gasteiger partial charge in [-0.2, -0.15) is 0 Å². The molecule has 1 aliphatic rings. The van der Waals surface area contributed by atoms with Gasteiger partial charge in [0, 0.05) is 37.4 Å². The Morgan fingerprint density at radius 3 is 2.44 bits per heavy atom. The molecule has 1 N–H and O–H groups in total. The van der Waals surface area contributed by atoms with Gasteiger partial charge in [-0.15, -0.1) is 0 Å². The van der Waals surface area contributed by atoms with E-state index in [9.17, 15) is 20.0 Å². The van der Waals surface area contributed by atoms with E-state index < -0.39 is 24.9 Å². The third-order valence-electron chi connectivity index (χ3n) is 6.61. The van der Waals surface area contributed by atoms with Crippen molar-refractivity contribution >= 4 is 25.8 Å². The molecule has 0 aliphatic carbocycles. The Bertz CT molecular complexity index is 834. The lowest BCUT2D eigenvalue weighted by Gasteiger charge is -2.47. The molecule has 10 heteroatoms. The Kier molecular flexibility index (Phi) is 7.61. The Balaban J connectivity index is 2.39. The van der Waals surface area contributed by atoms with Crippen LogP contribution in [-0.4, -0.2) is 65.6 Å². The Hall–Kier alpha value is -2.20. The maximum Gasteiger partial charge on any atom is 0.408 e. The van der Waals surface area contributed by atoms with Crippen molar-refractivity contribution in [3.05, 3.63) is 28.6 Å². The van der Waals surface area contributed by atoms with Crippen LogP contribution in [0.3, 0.4) is 0 Å². The van der Waals surface area contributed by atoms with Crippen molar-refractivity contribution in [1.82, 2.24) is 9.88 Å². The van der Waals surface area contributed by atoms with Crippen LogP contribution in [0.2, 0.25) is 18.1 Å². The summed E-state index contributed by atoms with van der Waals surface area (Å²) in [6.45, 7) is 18.0. The summed E-state index contributed by atoms with van der Waals surface area (Å²) in [7, 11) is -1.99. The first-order chi connectivity index (χ1) is 14.5. The second-order valence-corrected chi connectivity index (χ2v) is 16.0. The lowest BCUT2D eigenvalue weighted by molar-refractivity contribution is -0.384. The number of hydrogen-bond acceptors (Lipinski definition) is 6. The summed E-state index contributed by atoms with van der Waals surface area (Å²) in [5.74, 6) is 0.0415. The maximum absolute atomic E-state index is 12.2. The van der Waals surface area contributed by atoms with E-state index in [1.165, 1.54) is 17.3 Å². The molecule has 1 fully saturated rings. The van der Waals surface area contributed by atoms with Crippen LogP contribution >= 0.6 is 0 Å². The highest BCUT2D eigenvalue weighted by Gasteiger charge is 2.42. The number of pyridine rings is 1. The SMILES string of the molecule is CC(C)(C)N(C(=O)O)[C@@H]1C[C@H](CO[Si](C)(C)C(C)(C)C)CN(c2ccncc2[N+](=O)[O-])C1. The number of carbonyl (C=O) groups is 1. The predicted molar refractivity (Wildman–Crippen MR) is 128 cm³/mol. The van der Waals surface area contributed by atoms with Crippen LogP contribution < -0.4 is 4.90 Å². The lowest BCUT2D eigenvalue weighted by Crippen LogP contribution is -2.59. The van der Waals surface area contributed by atoms with Crippen LogP contribution in [0.5, 0.6) is 0 Å². The van der Waals surface area contributed by atoms with Gasteiger partial charge in [-0.1, -0.05) is 20.8 Å². The van der Waals surface area contributed by atoms with Gasteiger partial charge in [0.1, 0.15) is 11.9 Å². The highest BCUT2D eigenvalue weighted by atomic mass is 28.4. The summed E-state index contributed by atoms with van der Waals surface area (Å²) < 4.78 is 6.47. The third-order valence-corrected chi connectivity index (χ3v) is 11.1. The molecule has 2 heterocycles. The molecule has 2 rings (SSSR count). The van der Waals surface area contributed by atoms with Gasteiger partial charge < -0.3 is 14.4 Å². The van der Waals surface area contributed by atoms with Crippen molar-refractivity contribution in [1.29, 1.82) is 0 Å². The first-order valence-electron chi connectivity index (χ1n) is 11.0. The topological polar surface area (TPSA) is 109 Å². The van der Waals surface area contributed by atoms with E-state index >= 15 is 0 Å². The Labute approximate surface area is 192 Å². The number of rotatable bonds is 6. The summed E-state index contributed by atoms with van der Waals surface area (Å²) in [5, 5.41) is 21.6. The van der Waals surface area contributed by atoms with Gasteiger partial charge in [0.05, 0.1) is 11.0 Å². The van der Waals surface area contributed by atoms with Crippen LogP contribution in [0.15, 0.2) is 18.5 Å². The second kappa shape index (κ2) is 9.34. The quantitative estimate of drug-likeness (QED) is 0.357. The number of piperidine rings is 1. The first kappa shape index (κ1) is 26.1. The molecule has 0 aromatic carbocycles. The molecule has 2 atom stereocenters. The number of nitro groups is 1. The fraction of sp³-hybridized carbons (Fsp3) is 0.727. The summed E-state index contributed by atoms with van der Waals surface area (Å²) in [5.41, 5.74) is -0.213. The van der Waals surface area contributed by atoms with Gasteiger partial charge in [-0.25, -0.2) is 4.79 Å². The minimum Gasteiger partial charge on any atom is -0.465 e. The summed E-state index contributed by atoms with van der Waals surface area (Å²) >= 11 is 0. The molecule has 1 amide bonds. The predicted octanol–water partition coefficient (Wildman–Crippen LogP) is 4.99. The van der Waals surface area contributed by atoms with Crippen molar-refractivity contribution in [2.45, 2.75) is 77.7 Å². The summed E-state index contributed by atoms with van der Waals surface area (Å²) in [6.07, 6.45) is 2.44. The van der Waals surface area contributed by atoms with Crippen LogP contribution in [0.4, 0.5) is 16.2 Å². The largest absolute Gasteiger partial charge is 0.465 e. The van der Waals surface area contributed by atoms with Crippen LogP contribution in [0.25, 0.3) is 0 Å². The molecule has 32 heavy (non-hydrogen) atoms. The minimum atomic E-state index is -1.99. The fourth-order valence-electron chi connectivity index (χ4n) is 4.00. The maximum atomic E-state index is 12.2. The Morgan fingerprint density at radius 1 is 1.31 bits per heavy atom. The molecular formula is C22H38N4O5Si. The average Bonchev–Trinajstić information content (AvgIpc) is 2.64. The lowest BCUT2D eigenvalue weighted by atomic mass is 9.90. The number of aromatic nitrogens is 1. The molecule has 0 radical (unpaired) electrons. The smallest absolute Gasteiger partial charge is 0.408 e. The third kappa shape index (κ3) is 5.98. The molecule has 1 aliphatic heterocycles. The summed E-state index contributed by atoms with van der Waals surface area (Å²) in [4.78, 5) is 30.7. The Morgan fingerprint density at radius 2 is 1.94 bits per heavy atom. The molecule has 1 aromatic rings. The van der Waals surface area contributed by atoms with Crippen molar-refractivity contribution in [3.63, 3.8) is 0 Å². The molecule has 9 nitrogen and oxygen atoms in total. The number of nitrogens with zero attached hydrogens (tertiary/aromatic N) is 4. The van der Waals surface area contributed by atoms with E-state index in [0.717, 1.165) is 0 Å². The van der Waals surface area contributed by atoms with Crippen LogP contribution in [-0.2, 0) is 4.43 Å². The number of carboxylic acid groups (broad SMARTS) is 1. The molecular weight excluding hydrogens is 428 g/mol. The highest BCUT2D eigenvalue weighted by Crippen LogP contribution is 2.38. The fourth-order valence-corrected chi connectivity index (χ4v) is 5.08. The van der Waals surface area contributed by atoms with Gasteiger partial charge in [0.15, 0.2) is 8.32 Å². The zero-order valence-electron chi connectivity index (χ0n) is 20.6. The van der Waals surface area contributed by atoms with E-state index in [4.69, 9.17) is 4.43 Å². The van der Waals surface area contributed by atoms with Gasteiger partial charge in [0.25, 0.3) is 0 Å². The van der Waals surface area contributed by atoms with Crippen molar-refractivity contribution in [2.24, 2.45) is 5.92 Å². The molecule has 0 saturated carbocycles. The second-order valence-electron chi connectivity index (χ2n) is 11.2. The van der Waals surface area contributed by atoms with Crippen LogP contribution in [0, 0.1) is 16.0 Å². The van der Waals surface area contributed by atoms with E-state index in [-0.39, 0.29) is 22.7 Å². The van der Waals surface area contributed by atoms with Gasteiger partial charge in [-0.05, 0) is 51.4 Å². The van der Waals surface area contributed by atoms with Crippen molar-refractivity contribution in [3.8, 4) is 0 Å². The van der Waals surface area contributed by atoms with Crippen molar-refractivity contribution < 1.29 is 19.3 Å². The van der Waals surface area contributed by atoms with Gasteiger partial charge >= 0.3 is 11.8 Å². The zero-order chi connectivity index (χ0) is 24.5. The monoisotopic (exact) mass is 466 g/mol. The van der Waals surface area contributed by atoms with E-state index in [1.807, 2.05) is 25.7 Å². The van der Waals surface area contributed by atoms with Gasteiger partial charge in [-0.3, -0.25) is 20.0 Å². The van der Waals surface area contributed by atoms with E-state index in [1.54, 1.807) is 6.07 Å². The van der Waals surface area contributed by atoms with Crippen LogP contribution in [0.1, 0.15) is 48.0 Å². The minimum absolute atomic E-state index is 0.0415. The number of anilines is 1. The molecule has 180 valence electrons. The molecule has 0 spiro atoms. The number of amides is 1. The van der Waals surface area contributed by atoms with E-state index in [2.05, 4.69) is 38.8 Å². The normalized spacial score (nSPS) is 20.2. The molecule has 1 saturated heterocycles. The van der Waals surface area contributed by atoms with E-state index in [0.29, 0.717) is 31.8 Å². The summed E-state index contributed by atoms with van der Waals surface area (Å²) in [6, 6.07) is 1.32. The molecule has 0 bridgehead atoms. The standard InChI is InChI=1S/C22H38N4O5Si/c1-21(2,3)25(20(27)28)17-11-16(15-31-32(7,8)22(4,5)6)13-24(14-17)18-9-10-23-12-19(18)26(29)30/h9-10,12,16-17H,11,13-15H2,1-8H3,(H,27,28)/t16-,17+/m0/s1. The van der Waals surface area contributed by atoms with Crippen molar-refractivity contribution in [2.75, 3.05) is 24.6 Å².